The fraction of sp³-hybridized carbons (Fsp3) is 0.250. The lowest BCUT2D eigenvalue weighted by Crippen LogP contribution is -2.08. The van der Waals surface area contributed by atoms with E-state index in [1.54, 1.807) is 24.3 Å². The van der Waals surface area contributed by atoms with E-state index in [2.05, 4.69) is 10.3 Å². The molecule has 0 bridgehead atoms. The summed E-state index contributed by atoms with van der Waals surface area (Å²) in [6, 6.07) is 12.1. The molecule has 1 heterocycles. The first-order valence-corrected chi connectivity index (χ1v) is 10.3. The molecular weight excluding hydrogens is 440 g/mol. The van der Waals surface area contributed by atoms with Crippen LogP contribution in [-0.4, -0.2) is 16.1 Å². The minimum atomic E-state index is -4.47. The number of carbonyl (C=O) groups is 1. The van der Waals surface area contributed by atoms with Gasteiger partial charge in [-0.05, 0) is 54.7 Å². The van der Waals surface area contributed by atoms with Gasteiger partial charge in [0.1, 0.15) is 11.6 Å². The molecule has 0 amide bonds. The topological polar surface area (TPSA) is 71.5 Å². The van der Waals surface area contributed by atoms with Crippen molar-refractivity contribution < 1.29 is 32.2 Å². The summed E-state index contributed by atoms with van der Waals surface area (Å²) in [6.07, 6.45) is -2.37. The van der Waals surface area contributed by atoms with Crippen molar-refractivity contribution in [3.8, 4) is 11.6 Å². The number of nitrogens with zero attached hydrogens (tertiary/aromatic N) is 1. The Kier molecular flexibility index (Phi) is 6.22. The highest BCUT2D eigenvalue weighted by Crippen LogP contribution is 2.40. The third kappa shape index (κ3) is 5.24. The maximum absolute atomic E-state index is 14.3. The van der Waals surface area contributed by atoms with Crippen LogP contribution in [0.5, 0.6) is 11.6 Å². The van der Waals surface area contributed by atoms with Crippen molar-refractivity contribution in [3.05, 3.63) is 82.8 Å². The van der Waals surface area contributed by atoms with E-state index in [0.717, 1.165) is 29.8 Å². The highest BCUT2D eigenvalue weighted by atomic mass is 19.4. The SMILES string of the molecule is O=C(O)CCc1ccc(NC2CCc3c(Oc4ccc(C(F)(F)F)cn4)cccc32)cc1F. The maximum atomic E-state index is 14.3. The Morgan fingerprint density at radius 3 is 2.67 bits per heavy atom. The number of rotatable bonds is 7. The Morgan fingerprint density at radius 1 is 1.18 bits per heavy atom. The van der Waals surface area contributed by atoms with Gasteiger partial charge in [-0.1, -0.05) is 18.2 Å². The van der Waals surface area contributed by atoms with Crippen molar-refractivity contribution in [2.45, 2.75) is 37.9 Å². The van der Waals surface area contributed by atoms with Crippen molar-refractivity contribution in [1.29, 1.82) is 0 Å². The molecule has 1 aliphatic rings. The van der Waals surface area contributed by atoms with Gasteiger partial charge in [0.05, 0.1) is 11.6 Å². The molecule has 0 radical (unpaired) electrons. The van der Waals surface area contributed by atoms with Gasteiger partial charge in [0.2, 0.25) is 5.88 Å². The van der Waals surface area contributed by atoms with E-state index in [-0.39, 0.29) is 24.8 Å². The Bertz CT molecular complexity index is 1160. The summed E-state index contributed by atoms with van der Waals surface area (Å²) < 4.78 is 58.3. The molecule has 1 aromatic heterocycles. The number of aromatic nitrogens is 1. The number of nitrogens with one attached hydrogen (secondary N) is 1. The first-order valence-electron chi connectivity index (χ1n) is 10.3. The zero-order valence-corrected chi connectivity index (χ0v) is 17.3. The van der Waals surface area contributed by atoms with E-state index in [1.165, 1.54) is 12.1 Å². The number of carboxylic acids is 1. The van der Waals surface area contributed by atoms with Gasteiger partial charge < -0.3 is 15.2 Å². The predicted octanol–water partition coefficient (Wildman–Crippen LogP) is 6.15. The van der Waals surface area contributed by atoms with Crippen LogP contribution in [0.1, 0.15) is 41.1 Å². The molecule has 3 aromatic rings. The second kappa shape index (κ2) is 9.09. The largest absolute Gasteiger partial charge is 0.481 e. The summed E-state index contributed by atoms with van der Waals surface area (Å²) in [5.41, 5.74) is 1.93. The second-order valence-electron chi connectivity index (χ2n) is 7.74. The molecule has 0 spiro atoms. The quantitative estimate of drug-likeness (QED) is 0.414. The van der Waals surface area contributed by atoms with E-state index in [0.29, 0.717) is 23.4 Å². The molecule has 0 fully saturated rings. The lowest BCUT2D eigenvalue weighted by atomic mass is 10.1. The molecular formula is C24H20F4N2O3. The number of ether oxygens (including phenoxy) is 1. The van der Waals surface area contributed by atoms with E-state index in [4.69, 9.17) is 9.84 Å². The summed E-state index contributed by atoms with van der Waals surface area (Å²) in [5, 5.41) is 12.1. The highest BCUT2D eigenvalue weighted by Gasteiger charge is 2.31. The number of alkyl halides is 3. The summed E-state index contributed by atoms with van der Waals surface area (Å²) in [7, 11) is 0. The van der Waals surface area contributed by atoms with Crippen LogP contribution in [0.2, 0.25) is 0 Å². The van der Waals surface area contributed by atoms with E-state index in [1.807, 2.05) is 6.07 Å². The number of halogens is 4. The van der Waals surface area contributed by atoms with Crippen LogP contribution < -0.4 is 10.1 Å². The summed E-state index contributed by atoms with van der Waals surface area (Å²) in [4.78, 5) is 14.5. The lowest BCUT2D eigenvalue weighted by Gasteiger charge is -2.17. The summed E-state index contributed by atoms with van der Waals surface area (Å²) in [5.74, 6) is -0.875. The van der Waals surface area contributed by atoms with Crippen molar-refractivity contribution in [1.82, 2.24) is 4.98 Å². The van der Waals surface area contributed by atoms with Crippen LogP contribution >= 0.6 is 0 Å². The van der Waals surface area contributed by atoms with Crippen molar-refractivity contribution in [2.75, 3.05) is 5.32 Å². The normalized spacial score (nSPS) is 15.2. The number of hydrogen-bond acceptors (Lipinski definition) is 4. The fourth-order valence-electron chi connectivity index (χ4n) is 3.87. The van der Waals surface area contributed by atoms with Crippen LogP contribution in [0.15, 0.2) is 54.7 Å². The molecule has 1 aliphatic carbocycles. The molecule has 2 aromatic carbocycles. The highest BCUT2D eigenvalue weighted by molar-refractivity contribution is 5.67. The van der Waals surface area contributed by atoms with Gasteiger partial charge in [0.25, 0.3) is 0 Å². The third-order valence-corrected chi connectivity index (χ3v) is 5.51. The number of hydrogen-bond donors (Lipinski definition) is 2. The molecule has 0 saturated carbocycles. The zero-order valence-electron chi connectivity index (χ0n) is 17.3. The van der Waals surface area contributed by atoms with Gasteiger partial charge in [-0.25, -0.2) is 9.37 Å². The molecule has 1 unspecified atom stereocenters. The van der Waals surface area contributed by atoms with Crippen molar-refractivity contribution in [2.24, 2.45) is 0 Å². The fourth-order valence-corrected chi connectivity index (χ4v) is 3.87. The first-order chi connectivity index (χ1) is 15.7. The molecule has 9 heteroatoms. The van der Waals surface area contributed by atoms with Crippen LogP contribution in [0.4, 0.5) is 23.2 Å². The smallest absolute Gasteiger partial charge is 0.417 e. The van der Waals surface area contributed by atoms with E-state index in [9.17, 15) is 22.4 Å². The van der Waals surface area contributed by atoms with Gasteiger partial charge in [-0.3, -0.25) is 4.79 Å². The summed E-state index contributed by atoms with van der Waals surface area (Å²) in [6.45, 7) is 0. The lowest BCUT2D eigenvalue weighted by molar-refractivity contribution is -0.138. The number of fused-ring (bicyclic) bond motifs is 1. The zero-order chi connectivity index (χ0) is 23.6. The maximum Gasteiger partial charge on any atom is 0.417 e. The Hall–Kier alpha value is -3.62. The van der Waals surface area contributed by atoms with Crippen LogP contribution in [0.3, 0.4) is 0 Å². The van der Waals surface area contributed by atoms with Crippen LogP contribution in [0, 0.1) is 5.82 Å². The number of anilines is 1. The van der Waals surface area contributed by atoms with Gasteiger partial charge in [0, 0.05) is 29.9 Å². The number of pyridine rings is 1. The molecule has 0 saturated heterocycles. The van der Waals surface area contributed by atoms with E-state index < -0.39 is 23.5 Å². The van der Waals surface area contributed by atoms with Gasteiger partial charge in [0.15, 0.2) is 0 Å². The number of benzene rings is 2. The second-order valence-corrected chi connectivity index (χ2v) is 7.74. The number of carboxylic acid groups (broad SMARTS) is 1. The van der Waals surface area contributed by atoms with Gasteiger partial charge in [-0.15, -0.1) is 0 Å². The van der Waals surface area contributed by atoms with Crippen LogP contribution in [0.25, 0.3) is 0 Å². The first kappa shape index (κ1) is 22.6. The third-order valence-electron chi connectivity index (χ3n) is 5.51. The average molecular weight is 460 g/mol. The minimum absolute atomic E-state index is 0.0619. The van der Waals surface area contributed by atoms with E-state index >= 15 is 0 Å². The summed E-state index contributed by atoms with van der Waals surface area (Å²) >= 11 is 0. The molecule has 4 rings (SSSR count). The van der Waals surface area contributed by atoms with Gasteiger partial charge >= 0.3 is 12.1 Å². The number of aryl methyl sites for hydroxylation is 1. The standard InChI is InChI=1S/C24H20F4N2O3/c25-19-12-16(7-4-14(19)5-11-23(31)32)30-20-9-8-18-17(20)2-1-3-21(18)33-22-10-6-15(13-29-22)24(26,27)28/h1-4,6-7,10,12-13,20,30H,5,8-9,11H2,(H,31,32). The predicted molar refractivity (Wildman–Crippen MR) is 113 cm³/mol. The minimum Gasteiger partial charge on any atom is -0.481 e. The molecule has 1 atom stereocenters. The number of aliphatic carboxylic acids is 1. The molecule has 172 valence electrons. The van der Waals surface area contributed by atoms with Crippen molar-refractivity contribution in [3.63, 3.8) is 0 Å². The molecule has 33 heavy (non-hydrogen) atoms. The Morgan fingerprint density at radius 2 is 2.00 bits per heavy atom. The molecule has 0 aliphatic heterocycles. The monoisotopic (exact) mass is 460 g/mol. The van der Waals surface area contributed by atoms with Crippen molar-refractivity contribution >= 4 is 11.7 Å². The Balaban J connectivity index is 1.48. The average Bonchev–Trinajstić information content (AvgIpc) is 3.17. The molecule has 5 nitrogen and oxygen atoms in total. The van der Waals surface area contributed by atoms with Crippen LogP contribution in [-0.2, 0) is 23.8 Å². The Labute approximate surface area is 187 Å². The van der Waals surface area contributed by atoms with Gasteiger partial charge in [-0.2, -0.15) is 13.2 Å². The molecule has 2 N–H and O–H groups in total.